The molecule has 0 saturated carbocycles. The van der Waals surface area contributed by atoms with Gasteiger partial charge in [-0.25, -0.2) is 4.39 Å². The molecule has 2 rings (SSSR count). The first-order valence-corrected chi connectivity index (χ1v) is 6.11. The fraction of sp³-hybridized carbons (Fsp3) is 0.200. The minimum atomic E-state index is -0.302. The van der Waals surface area contributed by atoms with Crippen LogP contribution >= 0.6 is 0 Å². The van der Waals surface area contributed by atoms with Gasteiger partial charge in [0.1, 0.15) is 5.82 Å². The van der Waals surface area contributed by atoms with Crippen molar-refractivity contribution in [2.75, 3.05) is 11.4 Å². The first-order valence-electron chi connectivity index (χ1n) is 6.11. The molecule has 0 atom stereocenters. The molecule has 0 N–H and O–H groups in total. The number of anilines is 1. The van der Waals surface area contributed by atoms with Gasteiger partial charge >= 0.3 is 0 Å². The molecule has 0 radical (unpaired) electrons. The molecule has 3 nitrogen and oxygen atoms in total. The molecule has 0 aliphatic carbocycles. The van der Waals surface area contributed by atoms with Crippen LogP contribution in [0.2, 0.25) is 0 Å². The highest BCUT2D eigenvalue weighted by molar-refractivity contribution is 6.06. The molecule has 0 unspecified atom stereocenters. The van der Waals surface area contributed by atoms with E-state index in [1.807, 2.05) is 6.92 Å². The number of pyridine rings is 1. The normalized spacial score (nSPS) is 10.3. The van der Waals surface area contributed by atoms with Crippen LogP contribution in [-0.4, -0.2) is 17.4 Å². The maximum absolute atomic E-state index is 13.2. The van der Waals surface area contributed by atoms with E-state index in [0.29, 0.717) is 17.7 Å². The predicted molar refractivity (Wildman–Crippen MR) is 72.7 cm³/mol. The Morgan fingerprint density at radius 2 is 1.95 bits per heavy atom. The minimum absolute atomic E-state index is 0.142. The summed E-state index contributed by atoms with van der Waals surface area (Å²) in [6.07, 6.45) is 3.28. The molecule has 1 amide bonds. The second kappa shape index (κ2) is 5.61. The number of aryl methyl sites for hydroxylation is 1. The summed E-state index contributed by atoms with van der Waals surface area (Å²) in [4.78, 5) is 18.0. The molecule has 0 fully saturated rings. The van der Waals surface area contributed by atoms with E-state index in [4.69, 9.17) is 0 Å². The quantitative estimate of drug-likeness (QED) is 0.847. The third-order valence-electron chi connectivity index (χ3n) is 2.94. The van der Waals surface area contributed by atoms with Gasteiger partial charge in [-0.1, -0.05) is 0 Å². The number of halogens is 1. The van der Waals surface area contributed by atoms with E-state index in [-0.39, 0.29) is 11.7 Å². The summed E-state index contributed by atoms with van der Waals surface area (Å²) in [5.41, 5.74) is 1.73. The van der Waals surface area contributed by atoms with Crippen molar-refractivity contribution in [2.24, 2.45) is 0 Å². The third kappa shape index (κ3) is 2.78. The molecular formula is C15H15FN2O. The van der Waals surface area contributed by atoms with Gasteiger partial charge in [-0.2, -0.15) is 0 Å². The zero-order valence-electron chi connectivity index (χ0n) is 10.9. The molecule has 0 spiro atoms. The Balaban J connectivity index is 2.33. The molecule has 0 aliphatic heterocycles. The first-order chi connectivity index (χ1) is 9.13. The molecule has 19 heavy (non-hydrogen) atoms. The van der Waals surface area contributed by atoms with Gasteiger partial charge in [0, 0.05) is 30.2 Å². The number of hydrogen-bond acceptors (Lipinski definition) is 2. The number of amides is 1. The summed E-state index contributed by atoms with van der Waals surface area (Å²) in [6, 6.07) is 7.95. The number of carbonyl (C=O) groups excluding carboxylic acids is 1. The van der Waals surface area contributed by atoms with Crippen molar-refractivity contribution in [3.05, 3.63) is 59.7 Å². The second-order valence-corrected chi connectivity index (χ2v) is 4.22. The van der Waals surface area contributed by atoms with Gasteiger partial charge in [0.2, 0.25) is 0 Å². The molecule has 0 bridgehead atoms. The van der Waals surface area contributed by atoms with Crippen molar-refractivity contribution < 1.29 is 9.18 Å². The van der Waals surface area contributed by atoms with Gasteiger partial charge in [-0.15, -0.1) is 0 Å². The number of aromatic nitrogens is 1. The maximum atomic E-state index is 13.2. The van der Waals surface area contributed by atoms with Gasteiger partial charge in [0.25, 0.3) is 5.91 Å². The Bertz CT molecular complexity index is 584. The molecule has 1 aromatic carbocycles. The zero-order chi connectivity index (χ0) is 13.8. The van der Waals surface area contributed by atoms with Crippen molar-refractivity contribution in [3.63, 3.8) is 0 Å². The standard InChI is InChI=1S/C15H15FN2O/c1-3-18(13-6-8-17-9-7-13)15(19)12-4-5-14(16)11(2)10-12/h4-10H,3H2,1-2H3. The largest absolute Gasteiger partial charge is 0.309 e. The lowest BCUT2D eigenvalue weighted by atomic mass is 10.1. The number of rotatable bonds is 3. The summed E-state index contributed by atoms with van der Waals surface area (Å²) < 4.78 is 13.2. The van der Waals surface area contributed by atoms with Crippen molar-refractivity contribution >= 4 is 11.6 Å². The van der Waals surface area contributed by atoms with Gasteiger partial charge in [-0.05, 0) is 49.7 Å². The number of nitrogens with zero attached hydrogens (tertiary/aromatic N) is 2. The summed E-state index contributed by atoms with van der Waals surface area (Å²) in [5, 5.41) is 0. The van der Waals surface area contributed by atoms with Gasteiger partial charge in [0.15, 0.2) is 0 Å². The highest BCUT2D eigenvalue weighted by Gasteiger charge is 2.16. The lowest BCUT2D eigenvalue weighted by Gasteiger charge is -2.21. The average Bonchev–Trinajstić information content (AvgIpc) is 2.44. The van der Waals surface area contributed by atoms with E-state index < -0.39 is 0 Å². The molecule has 4 heteroatoms. The van der Waals surface area contributed by atoms with Crippen molar-refractivity contribution in [2.45, 2.75) is 13.8 Å². The van der Waals surface area contributed by atoms with Crippen LogP contribution in [0.4, 0.5) is 10.1 Å². The maximum Gasteiger partial charge on any atom is 0.258 e. The Kier molecular flexibility index (Phi) is 3.90. The fourth-order valence-electron chi connectivity index (χ4n) is 1.90. The van der Waals surface area contributed by atoms with Gasteiger partial charge < -0.3 is 4.90 Å². The van der Waals surface area contributed by atoms with E-state index in [1.165, 1.54) is 12.1 Å². The van der Waals surface area contributed by atoms with Crippen molar-refractivity contribution in [1.82, 2.24) is 4.98 Å². The molecule has 1 aromatic heterocycles. The highest BCUT2D eigenvalue weighted by atomic mass is 19.1. The van der Waals surface area contributed by atoms with Crippen LogP contribution < -0.4 is 4.90 Å². The van der Waals surface area contributed by atoms with Gasteiger partial charge in [0.05, 0.1) is 0 Å². The molecule has 1 heterocycles. The lowest BCUT2D eigenvalue weighted by molar-refractivity contribution is 0.0988. The van der Waals surface area contributed by atoms with E-state index in [1.54, 1.807) is 42.4 Å². The minimum Gasteiger partial charge on any atom is -0.309 e. The van der Waals surface area contributed by atoms with Crippen LogP contribution in [0.1, 0.15) is 22.8 Å². The van der Waals surface area contributed by atoms with E-state index in [9.17, 15) is 9.18 Å². The third-order valence-corrected chi connectivity index (χ3v) is 2.94. The van der Waals surface area contributed by atoms with Crippen LogP contribution in [0.3, 0.4) is 0 Å². The summed E-state index contributed by atoms with van der Waals surface area (Å²) in [5.74, 6) is -0.444. The van der Waals surface area contributed by atoms with Crippen LogP contribution in [0.25, 0.3) is 0 Å². The molecule has 0 aliphatic rings. The zero-order valence-corrected chi connectivity index (χ0v) is 10.9. The number of hydrogen-bond donors (Lipinski definition) is 0. The van der Waals surface area contributed by atoms with Crippen LogP contribution in [-0.2, 0) is 0 Å². The molecule has 98 valence electrons. The summed E-state index contributed by atoms with van der Waals surface area (Å²) >= 11 is 0. The summed E-state index contributed by atoms with van der Waals surface area (Å²) in [7, 11) is 0. The second-order valence-electron chi connectivity index (χ2n) is 4.22. The monoisotopic (exact) mass is 258 g/mol. The summed E-state index contributed by atoms with van der Waals surface area (Å²) in [6.45, 7) is 4.09. The molecule has 2 aromatic rings. The van der Waals surface area contributed by atoms with Crippen molar-refractivity contribution in [3.8, 4) is 0 Å². The Hall–Kier alpha value is -2.23. The fourth-order valence-corrected chi connectivity index (χ4v) is 1.90. The number of carbonyl (C=O) groups is 1. The van der Waals surface area contributed by atoms with Crippen molar-refractivity contribution in [1.29, 1.82) is 0 Å². The molecule has 0 saturated heterocycles. The van der Waals surface area contributed by atoms with E-state index >= 15 is 0 Å². The predicted octanol–water partition coefficient (Wildman–Crippen LogP) is 3.20. The van der Waals surface area contributed by atoms with Crippen LogP contribution in [0.15, 0.2) is 42.7 Å². The molecular weight excluding hydrogens is 243 g/mol. The average molecular weight is 258 g/mol. The Morgan fingerprint density at radius 1 is 1.26 bits per heavy atom. The lowest BCUT2D eigenvalue weighted by Crippen LogP contribution is -2.30. The SMILES string of the molecule is CCN(C(=O)c1ccc(F)c(C)c1)c1ccncc1. The van der Waals surface area contributed by atoms with Gasteiger partial charge in [-0.3, -0.25) is 9.78 Å². The van der Waals surface area contributed by atoms with E-state index in [0.717, 1.165) is 5.69 Å². The Morgan fingerprint density at radius 3 is 2.53 bits per heavy atom. The number of benzene rings is 1. The topological polar surface area (TPSA) is 33.2 Å². The first kappa shape index (κ1) is 13.2. The Labute approximate surface area is 111 Å². The smallest absolute Gasteiger partial charge is 0.258 e. The highest BCUT2D eigenvalue weighted by Crippen LogP contribution is 2.17. The van der Waals surface area contributed by atoms with Crippen LogP contribution in [0, 0.1) is 12.7 Å². The van der Waals surface area contributed by atoms with Crippen LogP contribution in [0.5, 0.6) is 0 Å². The van der Waals surface area contributed by atoms with E-state index in [2.05, 4.69) is 4.98 Å².